The Kier molecular flexibility index (Phi) is 12.9. The van der Waals surface area contributed by atoms with E-state index in [-0.39, 0.29) is 11.8 Å². The number of allylic oxidation sites excluding steroid dienone is 8. The first kappa shape index (κ1) is 48.2. The third-order valence-corrected chi connectivity index (χ3v) is 16.2. The van der Waals surface area contributed by atoms with E-state index in [1.54, 1.807) is 0 Å². The molecule has 0 spiro atoms. The summed E-state index contributed by atoms with van der Waals surface area (Å²) in [6, 6.07) is 116. The molecule has 2 aliphatic carbocycles. The highest BCUT2D eigenvalue weighted by Gasteiger charge is 2.39. The highest BCUT2D eigenvalue weighted by atomic mass is 14.4. The standard InChI is InChI=1S/C80H56/c1-9-25-57(26-10-1)71-72(58-27-11-2-12-28-58)76(62-35-19-6-20-36-62)79(75(71)61-33-17-5-18-34-61)69-49-47-65-51-55(43-45-67(65)53-69)41-42-56-44-46-68-54-70(50-48-66(68)52-56)80-77(63-37-21-7-22-38-63)73(59-29-13-3-14-30-59)74(60-31-15-4-16-32-60)78(80)64-39-23-8-24-40-64/h1-54,75,77H/b42-41+. The zero-order valence-corrected chi connectivity index (χ0v) is 44.3. The summed E-state index contributed by atoms with van der Waals surface area (Å²) in [7, 11) is 0. The van der Waals surface area contributed by atoms with Gasteiger partial charge in [0.25, 0.3) is 0 Å². The van der Waals surface area contributed by atoms with Crippen molar-refractivity contribution in [3.8, 4) is 0 Å². The molecule has 0 heterocycles. The van der Waals surface area contributed by atoms with Crippen LogP contribution in [-0.4, -0.2) is 0 Å². The summed E-state index contributed by atoms with van der Waals surface area (Å²) >= 11 is 0. The third kappa shape index (κ3) is 9.07. The Morgan fingerprint density at radius 2 is 0.425 bits per heavy atom. The number of hydrogen-bond acceptors (Lipinski definition) is 0. The second kappa shape index (κ2) is 21.4. The van der Waals surface area contributed by atoms with Crippen LogP contribution in [0.25, 0.3) is 78.3 Å². The summed E-state index contributed by atoms with van der Waals surface area (Å²) in [6.45, 7) is 0. The molecule has 0 saturated heterocycles. The summed E-state index contributed by atoms with van der Waals surface area (Å²) < 4.78 is 0. The SMILES string of the molecule is C(=C\c1ccc2cc(C3=C(c4ccccc4)C(c4ccccc4)=C(c4ccccc4)C3c3ccccc3)ccc2c1)/c1ccc2cc(C3=C(c4ccccc4)C(c4ccccc4)=C(c4ccccc4)C3c3ccccc3)ccc2c1. The predicted octanol–water partition coefficient (Wildman–Crippen LogP) is 20.8. The molecule has 0 nitrogen and oxygen atoms in total. The van der Waals surface area contributed by atoms with Crippen LogP contribution in [0.5, 0.6) is 0 Å². The molecule has 0 heteroatoms. The molecule has 0 aliphatic heterocycles. The molecule has 0 radical (unpaired) electrons. The van der Waals surface area contributed by atoms with Gasteiger partial charge in [0.2, 0.25) is 0 Å². The van der Waals surface area contributed by atoms with E-state index in [1.807, 2.05) is 0 Å². The molecule has 12 aromatic rings. The van der Waals surface area contributed by atoms with Crippen molar-refractivity contribution in [2.75, 3.05) is 0 Å². The van der Waals surface area contributed by atoms with Crippen LogP contribution >= 0.6 is 0 Å². The van der Waals surface area contributed by atoms with Gasteiger partial charge in [0.15, 0.2) is 0 Å². The van der Waals surface area contributed by atoms with Crippen LogP contribution in [0.15, 0.2) is 315 Å². The average molecular weight is 1020 g/mol. The molecule has 0 aromatic heterocycles. The van der Waals surface area contributed by atoms with Crippen molar-refractivity contribution in [2.45, 2.75) is 11.8 Å². The zero-order chi connectivity index (χ0) is 53.2. The van der Waals surface area contributed by atoms with Crippen molar-refractivity contribution < 1.29 is 0 Å². The Morgan fingerprint density at radius 1 is 0.188 bits per heavy atom. The van der Waals surface area contributed by atoms with E-state index >= 15 is 0 Å². The minimum atomic E-state index is 0.00646. The average Bonchev–Trinajstić information content (AvgIpc) is 4.32. The van der Waals surface area contributed by atoms with Gasteiger partial charge < -0.3 is 0 Å². The Morgan fingerprint density at radius 3 is 0.725 bits per heavy atom. The third-order valence-electron chi connectivity index (χ3n) is 16.2. The summed E-state index contributed by atoms with van der Waals surface area (Å²) in [5.41, 5.74) is 25.2. The minimum Gasteiger partial charge on any atom is -0.0622 e. The molecule has 2 unspecified atom stereocenters. The van der Waals surface area contributed by atoms with Gasteiger partial charge in [-0.05, 0) is 157 Å². The maximum absolute atomic E-state index is 2.42. The van der Waals surface area contributed by atoms with Crippen LogP contribution in [0.2, 0.25) is 0 Å². The van der Waals surface area contributed by atoms with Crippen LogP contribution in [-0.2, 0) is 0 Å². The lowest BCUT2D eigenvalue weighted by atomic mass is 9.80. The van der Waals surface area contributed by atoms with E-state index < -0.39 is 0 Å². The van der Waals surface area contributed by atoms with E-state index in [1.165, 1.54) is 122 Å². The lowest BCUT2D eigenvalue weighted by molar-refractivity contribution is 1.14. The van der Waals surface area contributed by atoms with E-state index in [0.29, 0.717) is 0 Å². The van der Waals surface area contributed by atoms with Crippen LogP contribution < -0.4 is 0 Å². The molecular formula is C80H56. The van der Waals surface area contributed by atoms with Crippen molar-refractivity contribution in [2.24, 2.45) is 0 Å². The molecule has 80 heavy (non-hydrogen) atoms. The van der Waals surface area contributed by atoms with Gasteiger partial charge in [-0.3, -0.25) is 0 Å². The largest absolute Gasteiger partial charge is 0.0622 e. The Bertz CT molecular complexity index is 4090. The van der Waals surface area contributed by atoms with Crippen molar-refractivity contribution in [1.82, 2.24) is 0 Å². The molecule has 0 fully saturated rings. The highest BCUT2D eigenvalue weighted by Crippen LogP contribution is 2.60. The fraction of sp³-hybridized carbons (Fsp3) is 0.0250. The summed E-state index contributed by atoms with van der Waals surface area (Å²) in [6.07, 6.45) is 4.51. The van der Waals surface area contributed by atoms with Crippen molar-refractivity contribution in [3.05, 3.63) is 382 Å². The molecule has 14 rings (SSSR count). The van der Waals surface area contributed by atoms with Crippen LogP contribution in [0.3, 0.4) is 0 Å². The van der Waals surface area contributed by atoms with E-state index in [2.05, 4.69) is 328 Å². The van der Waals surface area contributed by atoms with E-state index in [4.69, 9.17) is 0 Å². The predicted molar refractivity (Wildman–Crippen MR) is 341 cm³/mol. The Hall–Kier alpha value is -10.1. The Labute approximate surface area is 469 Å². The van der Waals surface area contributed by atoms with Gasteiger partial charge in [-0.2, -0.15) is 0 Å². The van der Waals surface area contributed by atoms with E-state index in [0.717, 1.165) is 11.1 Å². The second-order valence-corrected chi connectivity index (χ2v) is 21.0. The maximum Gasteiger partial charge on any atom is 0.0364 e. The van der Waals surface area contributed by atoms with Crippen molar-refractivity contribution >= 4 is 78.3 Å². The van der Waals surface area contributed by atoms with Gasteiger partial charge in [0.1, 0.15) is 0 Å². The van der Waals surface area contributed by atoms with Crippen molar-refractivity contribution in [1.29, 1.82) is 0 Å². The van der Waals surface area contributed by atoms with Gasteiger partial charge >= 0.3 is 0 Å². The molecule has 2 aliphatic rings. The molecule has 0 N–H and O–H groups in total. The van der Waals surface area contributed by atoms with Gasteiger partial charge in [-0.1, -0.05) is 303 Å². The molecule has 0 saturated carbocycles. The Balaban J connectivity index is 0.829. The first-order valence-electron chi connectivity index (χ1n) is 27.9. The van der Waals surface area contributed by atoms with Crippen LogP contribution in [0.4, 0.5) is 0 Å². The molecule has 0 amide bonds. The lowest BCUT2D eigenvalue weighted by Gasteiger charge is -2.22. The van der Waals surface area contributed by atoms with Crippen molar-refractivity contribution in [3.63, 3.8) is 0 Å². The molecule has 376 valence electrons. The number of fused-ring (bicyclic) bond motifs is 2. The van der Waals surface area contributed by atoms with Gasteiger partial charge in [-0.25, -0.2) is 0 Å². The second-order valence-electron chi connectivity index (χ2n) is 21.0. The van der Waals surface area contributed by atoms with Gasteiger partial charge in [0, 0.05) is 11.8 Å². The zero-order valence-electron chi connectivity index (χ0n) is 44.3. The highest BCUT2D eigenvalue weighted by molar-refractivity contribution is 6.31. The quantitative estimate of drug-likeness (QED) is 0.107. The fourth-order valence-electron chi connectivity index (χ4n) is 12.7. The summed E-state index contributed by atoms with van der Waals surface area (Å²) in [5, 5.41) is 4.85. The summed E-state index contributed by atoms with van der Waals surface area (Å²) in [5.74, 6) is 0.0129. The minimum absolute atomic E-state index is 0.00646. The van der Waals surface area contributed by atoms with Crippen LogP contribution in [0, 0.1) is 0 Å². The molecule has 2 atom stereocenters. The van der Waals surface area contributed by atoms with Gasteiger partial charge in [-0.15, -0.1) is 0 Å². The number of hydrogen-bond donors (Lipinski definition) is 0. The maximum atomic E-state index is 2.42. The first-order chi connectivity index (χ1) is 39.7. The fourth-order valence-corrected chi connectivity index (χ4v) is 12.7. The normalized spacial score (nSPS) is 15.5. The monoisotopic (exact) mass is 1020 g/mol. The topological polar surface area (TPSA) is 0 Å². The number of rotatable bonds is 12. The van der Waals surface area contributed by atoms with E-state index in [9.17, 15) is 0 Å². The molecule has 0 bridgehead atoms. The van der Waals surface area contributed by atoms with Gasteiger partial charge in [0.05, 0.1) is 0 Å². The van der Waals surface area contributed by atoms with Crippen LogP contribution in [0.1, 0.15) is 78.6 Å². The molecule has 12 aromatic carbocycles. The number of benzene rings is 12. The smallest absolute Gasteiger partial charge is 0.0364 e. The first-order valence-corrected chi connectivity index (χ1v) is 27.9. The lowest BCUT2D eigenvalue weighted by Crippen LogP contribution is -2.03. The molecular weight excluding hydrogens is 961 g/mol. The summed E-state index contributed by atoms with van der Waals surface area (Å²) in [4.78, 5) is 0.